The fourth-order valence-electron chi connectivity index (χ4n) is 1.09. The zero-order chi connectivity index (χ0) is 17.4. The maximum absolute atomic E-state index is 10.6. The van der Waals surface area contributed by atoms with Gasteiger partial charge in [0.1, 0.15) is 0 Å². The molecule has 134 valence electrons. The molecule has 24 heavy (non-hydrogen) atoms. The summed E-state index contributed by atoms with van der Waals surface area (Å²) < 4.78 is 7.14. The van der Waals surface area contributed by atoms with E-state index in [1.165, 1.54) is 37.6 Å². The third-order valence-electron chi connectivity index (χ3n) is 1.84. The van der Waals surface area contributed by atoms with Gasteiger partial charge in [0, 0.05) is 26.3 Å². The van der Waals surface area contributed by atoms with E-state index in [0.29, 0.717) is 26.3 Å². The van der Waals surface area contributed by atoms with E-state index in [9.17, 15) is 14.4 Å². The van der Waals surface area contributed by atoms with Crippen molar-refractivity contribution < 1.29 is 15.8 Å². The largest absolute Gasteiger partial charge is 0.302 e. The molecular weight excluding hydrogens is 372 g/mol. The van der Waals surface area contributed by atoms with Crippen molar-refractivity contribution in [1.82, 2.24) is 9.97 Å². The number of carbonyl (C=O) groups is 3. The highest BCUT2D eigenvalue weighted by Crippen LogP contribution is 2.19. The van der Waals surface area contributed by atoms with Gasteiger partial charge in [-0.25, -0.2) is 9.97 Å². The van der Waals surface area contributed by atoms with E-state index in [4.69, 9.17) is 13.0 Å². The lowest BCUT2D eigenvalue weighted by Crippen LogP contribution is -2.04. The van der Waals surface area contributed by atoms with Crippen LogP contribution in [0.5, 0.6) is 0 Å². The predicted octanol–water partition coefficient (Wildman–Crippen LogP) is 4.03. The first-order chi connectivity index (χ1) is 10.8. The number of thiazole rings is 2. The third-order valence-corrected chi connectivity index (χ3v) is 3.90. The van der Waals surface area contributed by atoms with Crippen LogP contribution in [-0.4, -0.2) is 28.1 Å². The minimum atomic E-state index is -0.801. The maximum Gasteiger partial charge on any atom is 0.223 e. The summed E-state index contributed by atoms with van der Waals surface area (Å²) in [5.74, 6) is -1.16. The number of aromatic nitrogens is 2. The van der Waals surface area contributed by atoms with Gasteiger partial charge in [0.25, 0.3) is 0 Å². The maximum atomic E-state index is 10.6. The number of hydrogen-bond donors (Lipinski definition) is 2. The van der Waals surface area contributed by atoms with Gasteiger partial charge < -0.3 is 10.6 Å². The van der Waals surface area contributed by atoms with Crippen LogP contribution in [0.15, 0.2) is 12.4 Å². The number of aldehydes is 1. The van der Waals surface area contributed by atoms with Crippen LogP contribution in [0.25, 0.3) is 0 Å². The summed E-state index contributed by atoms with van der Waals surface area (Å²) in [6.45, 7) is 2.79. The summed E-state index contributed by atoms with van der Waals surface area (Å²) in [6, 6.07) is 0. The Kier molecular flexibility index (Phi) is 11.6. The first kappa shape index (κ1) is 22.2. The van der Waals surface area contributed by atoms with Crippen LogP contribution in [0.3, 0.4) is 0 Å². The van der Waals surface area contributed by atoms with E-state index in [1.54, 1.807) is 0 Å². The molecule has 2 amide bonds. The van der Waals surface area contributed by atoms with Gasteiger partial charge in [-0.2, -0.15) is 0 Å². The van der Waals surface area contributed by atoms with Gasteiger partial charge in [0.05, 0.1) is 16.9 Å². The molecule has 7 nitrogen and oxygen atoms in total. The van der Waals surface area contributed by atoms with E-state index in [1.807, 2.05) is 0 Å². The van der Waals surface area contributed by atoms with Crippen molar-refractivity contribution in [3.63, 3.8) is 0 Å². The molecule has 2 rings (SSSR count). The number of anilines is 2. The second-order valence-corrected chi connectivity index (χ2v) is 6.07. The van der Waals surface area contributed by atoms with Crippen molar-refractivity contribution in [1.29, 1.82) is 0 Å². The van der Waals surface area contributed by atoms with Crippen molar-refractivity contribution in [2.75, 3.05) is 10.6 Å². The highest BCUT2D eigenvalue weighted by molar-refractivity contribution is 7.17. The molecule has 2 N–H and O–H groups in total. The number of amides is 2. The Morgan fingerprint density at radius 3 is 2.04 bits per heavy atom. The molecule has 1 unspecified atom stereocenters. The van der Waals surface area contributed by atoms with Crippen LogP contribution in [-0.2, 0) is 15.4 Å². The summed E-state index contributed by atoms with van der Waals surface area (Å²) >= 11 is 7.83. The number of hydrogen-bond acceptors (Lipinski definition) is 7. The number of nitrogens with one attached hydrogen (secondary N) is 2. The van der Waals surface area contributed by atoms with Crippen LogP contribution in [0, 0.1) is 0 Å². The highest BCUT2D eigenvalue weighted by Gasteiger charge is 2.01. The topological polar surface area (TPSA) is 101 Å². The second-order valence-electron chi connectivity index (χ2n) is 3.72. The highest BCUT2D eigenvalue weighted by atomic mass is 35.5. The summed E-state index contributed by atoms with van der Waals surface area (Å²) in [6.07, 6.45) is 3.60. The monoisotopic (exact) mass is 393 g/mol. The van der Waals surface area contributed by atoms with Crippen molar-refractivity contribution in [3.05, 3.63) is 22.1 Å². The fraction of sp³-hybridized carbons (Fsp3) is 0.357. The molecule has 0 aromatic carbocycles. The average Bonchev–Trinajstić information content (AvgIpc) is 3.07. The summed E-state index contributed by atoms with van der Waals surface area (Å²) in [7, 11) is 0. The first-order valence-electron chi connectivity index (χ1n) is 6.37. The molecule has 0 aliphatic carbocycles. The molecule has 2 aromatic heterocycles. The molecule has 1 atom stereocenters. The van der Waals surface area contributed by atoms with Crippen molar-refractivity contribution >= 4 is 62.6 Å². The van der Waals surface area contributed by atoms with Crippen LogP contribution in [0.4, 0.5) is 10.3 Å². The number of carbonyl (C=O) groups excluding carboxylic acids is 3. The molecule has 0 aliphatic heterocycles. The standard InChI is InChI=1S/C6H7ClN2OS.C6H6N2O2S.2CH4/c1-4(10)9-6-8-3-5(2-7)11-6;1-4(10)8-6-7-2-5(3-9)11-6;;/h3H,2H2,1H3,(H,8,9,10);2-3H,1H3,(H,7,8,10);2*1H4/i2D;;;. The minimum Gasteiger partial charge on any atom is -0.302 e. The molecule has 0 aliphatic rings. The summed E-state index contributed by atoms with van der Waals surface area (Å²) in [4.78, 5) is 40.0. The average molecular weight is 394 g/mol. The molecule has 0 fully saturated rings. The van der Waals surface area contributed by atoms with E-state index in [-0.39, 0.29) is 26.7 Å². The van der Waals surface area contributed by atoms with E-state index < -0.39 is 5.86 Å². The number of nitrogens with zero attached hydrogens (tertiary/aromatic N) is 2. The molecule has 0 saturated carbocycles. The van der Waals surface area contributed by atoms with Crippen LogP contribution >= 0.6 is 34.3 Å². The molecule has 0 bridgehead atoms. The summed E-state index contributed by atoms with van der Waals surface area (Å²) in [5.41, 5.74) is 0. The Morgan fingerprint density at radius 1 is 1.17 bits per heavy atom. The third kappa shape index (κ3) is 9.33. The number of alkyl halides is 1. The van der Waals surface area contributed by atoms with Gasteiger partial charge in [-0.1, -0.05) is 26.2 Å². The van der Waals surface area contributed by atoms with Crippen LogP contribution < -0.4 is 10.6 Å². The molecule has 0 radical (unpaired) electrons. The Balaban J connectivity index is 0. The zero-order valence-corrected chi connectivity index (χ0v) is 14.0. The number of rotatable bonds is 4. The molecule has 0 saturated heterocycles. The van der Waals surface area contributed by atoms with Crippen LogP contribution in [0.2, 0.25) is 0 Å². The Morgan fingerprint density at radius 2 is 1.67 bits per heavy atom. The van der Waals surface area contributed by atoms with Crippen LogP contribution in [0.1, 0.15) is 44.6 Å². The molecule has 2 heterocycles. The first-order valence-corrected chi connectivity index (χ1v) is 7.87. The molecule has 10 heteroatoms. The van der Waals surface area contributed by atoms with Gasteiger partial charge in [0.2, 0.25) is 11.8 Å². The van der Waals surface area contributed by atoms with Gasteiger partial charge in [-0.15, -0.1) is 22.9 Å². The SMILES string of the molecule is C.C.CC(=O)Nc1ncc(C=O)s1.[2H]C(Cl)c1cnc(NC(C)=O)s1. The lowest BCUT2D eigenvalue weighted by molar-refractivity contribution is -0.115. The lowest BCUT2D eigenvalue weighted by atomic mass is 10.6. The number of halogens is 1. The minimum absolute atomic E-state index is 0. The van der Waals surface area contributed by atoms with Crippen molar-refractivity contribution in [2.24, 2.45) is 0 Å². The van der Waals surface area contributed by atoms with Gasteiger partial charge in [-0.3, -0.25) is 14.4 Å². The predicted molar refractivity (Wildman–Crippen MR) is 101 cm³/mol. The Labute approximate surface area is 155 Å². The smallest absolute Gasteiger partial charge is 0.223 e. The normalized spacial score (nSPS) is 10.5. The summed E-state index contributed by atoms with van der Waals surface area (Å²) in [5, 5.41) is 5.92. The van der Waals surface area contributed by atoms with Crippen molar-refractivity contribution in [2.45, 2.75) is 34.6 Å². The Bertz CT molecular complexity index is 691. The molecular formula is C14H21ClN4O3S2. The quantitative estimate of drug-likeness (QED) is 0.603. The molecule has 2 aromatic rings. The zero-order valence-electron chi connectivity index (χ0n) is 12.6. The fourth-order valence-corrected chi connectivity index (χ4v) is 2.64. The van der Waals surface area contributed by atoms with Gasteiger partial charge in [0.15, 0.2) is 16.5 Å². The van der Waals surface area contributed by atoms with E-state index >= 15 is 0 Å². The van der Waals surface area contributed by atoms with Gasteiger partial charge in [-0.05, 0) is 0 Å². The Hall–Kier alpha value is -1.84. The van der Waals surface area contributed by atoms with Crippen molar-refractivity contribution in [3.8, 4) is 0 Å². The second kappa shape index (κ2) is 12.6. The van der Waals surface area contributed by atoms with E-state index in [2.05, 4.69) is 20.6 Å². The molecule has 0 spiro atoms. The van der Waals surface area contributed by atoms with Gasteiger partial charge >= 0.3 is 0 Å². The van der Waals surface area contributed by atoms with E-state index in [0.717, 1.165) is 11.3 Å². The lowest BCUT2D eigenvalue weighted by Gasteiger charge is -1.91.